The van der Waals surface area contributed by atoms with Crippen molar-refractivity contribution < 1.29 is 0 Å². The molecule has 0 saturated carbocycles. The standard InChI is InChI=1S/C10H15N5/c1-7(11-3)6-9-10-14-13-8(2)15(10)5-4-12-9/h4-5,7,11H,6H2,1-3H3. The number of aryl methyl sites for hydroxylation is 1. The minimum absolute atomic E-state index is 0.390. The molecule has 1 atom stereocenters. The van der Waals surface area contributed by atoms with Crippen molar-refractivity contribution in [2.45, 2.75) is 26.3 Å². The van der Waals surface area contributed by atoms with Crippen LogP contribution < -0.4 is 5.32 Å². The molecule has 0 radical (unpaired) electrons. The molecule has 1 unspecified atom stereocenters. The number of hydrogen-bond acceptors (Lipinski definition) is 4. The maximum absolute atomic E-state index is 4.34. The molecule has 0 amide bonds. The van der Waals surface area contributed by atoms with Crippen molar-refractivity contribution in [3.63, 3.8) is 0 Å². The predicted molar refractivity (Wildman–Crippen MR) is 57.7 cm³/mol. The van der Waals surface area contributed by atoms with Crippen LogP contribution in [-0.4, -0.2) is 32.7 Å². The highest BCUT2D eigenvalue weighted by molar-refractivity contribution is 5.43. The summed E-state index contributed by atoms with van der Waals surface area (Å²) >= 11 is 0. The maximum Gasteiger partial charge on any atom is 0.182 e. The molecule has 0 bridgehead atoms. The van der Waals surface area contributed by atoms with Gasteiger partial charge in [0.05, 0.1) is 5.69 Å². The minimum atomic E-state index is 0.390. The number of fused-ring (bicyclic) bond motifs is 1. The van der Waals surface area contributed by atoms with E-state index in [2.05, 4.69) is 27.4 Å². The van der Waals surface area contributed by atoms with Crippen LogP contribution >= 0.6 is 0 Å². The molecule has 2 aromatic heterocycles. The average Bonchev–Trinajstić information content (AvgIpc) is 2.62. The quantitative estimate of drug-likeness (QED) is 0.796. The highest BCUT2D eigenvalue weighted by Gasteiger charge is 2.09. The Kier molecular flexibility index (Phi) is 2.64. The van der Waals surface area contributed by atoms with Crippen LogP contribution in [-0.2, 0) is 6.42 Å². The topological polar surface area (TPSA) is 55.1 Å². The number of aromatic nitrogens is 4. The van der Waals surface area contributed by atoms with E-state index >= 15 is 0 Å². The van der Waals surface area contributed by atoms with Crippen LogP contribution in [0.15, 0.2) is 12.4 Å². The summed E-state index contributed by atoms with van der Waals surface area (Å²) in [5, 5.41) is 11.4. The van der Waals surface area contributed by atoms with Crippen LogP contribution in [0.4, 0.5) is 0 Å². The van der Waals surface area contributed by atoms with Gasteiger partial charge >= 0.3 is 0 Å². The molecule has 0 fully saturated rings. The van der Waals surface area contributed by atoms with E-state index in [0.29, 0.717) is 6.04 Å². The molecule has 0 aliphatic carbocycles. The highest BCUT2D eigenvalue weighted by Crippen LogP contribution is 2.08. The molecule has 80 valence electrons. The molecule has 1 N–H and O–H groups in total. The van der Waals surface area contributed by atoms with Crippen molar-refractivity contribution in [2.24, 2.45) is 0 Å². The van der Waals surface area contributed by atoms with Crippen LogP contribution in [0.25, 0.3) is 5.65 Å². The Morgan fingerprint density at radius 2 is 2.27 bits per heavy atom. The Balaban J connectivity index is 2.43. The monoisotopic (exact) mass is 205 g/mol. The van der Waals surface area contributed by atoms with Crippen LogP contribution in [0.1, 0.15) is 18.4 Å². The zero-order chi connectivity index (χ0) is 10.8. The van der Waals surface area contributed by atoms with Gasteiger partial charge in [0.15, 0.2) is 5.65 Å². The van der Waals surface area contributed by atoms with E-state index in [0.717, 1.165) is 23.6 Å². The van der Waals surface area contributed by atoms with Gasteiger partial charge in [-0.2, -0.15) is 0 Å². The summed E-state index contributed by atoms with van der Waals surface area (Å²) in [6.45, 7) is 4.06. The lowest BCUT2D eigenvalue weighted by Crippen LogP contribution is -2.24. The molecule has 0 spiro atoms. The Morgan fingerprint density at radius 1 is 1.47 bits per heavy atom. The van der Waals surface area contributed by atoms with Gasteiger partial charge in [0.1, 0.15) is 5.82 Å². The number of likely N-dealkylation sites (N-methyl/N-ethyl adjacent to an activating group) is 1. The summed E-state index contributed by atoms with van der Waals surface area (Å²) in [6.07, 6.45) is 4.54. The largest absolute Gasteiger partial charge is 0.317 e. The molecule has 5 nitrogen and oxygen atoms in total. The summed E-state index contributed by atoms with van der Waals surface area (Å²) in [6, 6.07) is 0.390. The Hall–Kier alpha value is -1.49. The fourth-order valence-corrected chi connectivity index (χ4v) is 1.53. The van der Waals surface area contributed by atoms with Gasteiger partial charge in [-0.1, -0.05) is 0 Å². The first-order valence-electron chi connectivity index (χ1n) is 5.05. The molecule has 2 rings (SSSR count). The van der Waals surface area contributed by atoms with Crippen molar-refractivity contribution >= 4 is 5.65 Å². The van der Waals surface area contributed by atoms with E-state index in [9.17, 15) is 0 Å². The molecular weight excluding hydrogens is 190 g/mol. The fraction of sp³-hybridized carbons (Fsp3) is 0.500. The lowest BCUT2D eigenvalue weighted by molar-refractivity contribution is 0.601. The smallest absolute Gasteiger partial charge is 0.182 e. The normalized spacial score (nSPS) is 13.3. The van der Waals surface area contributed by atoms with E-state index in [4.69, 9.17) is 0 Å². The Bertz CT molecular complexity index is 462. The summed E-state index contributed by atoms with van der Waals surface area (Å²) in [7, 11) is 1.94. The lowest BCUT2D eigenvalue weighted by Gasteiger charge is -2.09. The van der Waals surface area contributed by atoms with E-state index < -0.39 is 0 Å². The van der Waals surface area contributed by atoms with Crippen LogP contribution in [0, 0.1) is 6.92 Å². The maximum atomic E-state index is 4.34. The van der Waals surface area contributed by atoms with E-state index in [1.54, 1.807) is 6.20 Å². The third kappa shape index (κ3) is 1.83. The molecule has 5 heteroatoms. The van der Waals surface area contributed by atoms with Gasteiger partial charge in [0.25, 0.3) is 0 Å². The van der Waals surface area contributed by atoms with E-state index in [1.807, 2.05) is 24.6 Å². The van der Waals surface area contributed by atoms with Gasteiger partial charge in [-0.3, -0.25) is 9.38 Å². The van der Waals surface area contributed by atoms with E-state index in [1.165, 1.54) is 0 Å². The summed E-state index contributed by atoms with van der Waals surface area (Å²) in [5.41, 5.74) is 1.84. The summed E-state index contributed by atoms with van der Waals surface area (Å²) < 4.78 is 1.96. The van der Waals surface area contributed by atoms with Gasteiger partial charge in [0.2, 0.25) is 0 Å². The van der Waals surface area contributed by atoms with Gasteiger partial charge < -0.3 is 5.32 Å². The first kappa shape index (κ1) is 10.0. The molecule has 0 aliphatic heterocycles. The lowest BCUT2D eigenvalue weighted by atomic mass is 10.2. The average molecular weight is 205 g/mol. The van der Waals surface area contributed by atoms with Crippen LogP contribution in [0.5, 0.6) is 0 Å². The molecule has 2 aromatic rings. The number of hydrogen-bond donors (Lipinski definition) is 1. The Morgan fingerprint density at radius 3 is 3.00 bits per heavy atom. The van der Waals surface area contributed by atoms with Crippen molar-refractivity contribution in [1.29, 1.82) is 0 Å². The molecule has 2 heterocycles. The number of rotatable bonds is 3. The third-order valence-electron chi connectivity index (χ3n) is 2.56. The summed E-state index contributed by atoms with van der Waals surface area (Å²) in [5.74, 6) is 0.894. The molecular formula is C10H15N5. The highest BCUT2D eigenvalue weighted by atomic mass is 15.2. The second kappa shape index (κ2) is 3.94. The van der Waals surface area contributed by atoms with Gasteiger partial charge in [-0.05, 0) is 20.9 Å². The zero-order valence-corrected chi connectivity index (χ0v) is 9.23. The SMILES string of the molecule is CNC(C)Cc1nccn2c(C)nnc12. The van der Waals surface area contributed by atoms with Crippen molar-refractivity contribution in [3.05, 3.63) is 23.9 Å². The zero-order valence-electron chi connectivity index (χ0n) is 9.23. The molecule has 0 aromatic carbocycles. The fourth-order valence-electron chi connectivity index (χ4n) is 1.53. The first-order chi connectivity index (χ1) is 7.22. The predicted octanol–water partition coefficient (Wildman–Crippen LogP) is 0.583. The summed E-state index contributed by atoms with van der Waals surface area (Å²) in [4.78, 5) is 4.34. The van der Waals surface area contributed by atoms with Crippen LogP contribution in [0.3, 0.4) is 0 Å². The number of nitrogens with zero attached hydrogens (tertiary/aromatic N) is 4. The Labute approximate surface area is 88.6 Å². The third-order valence-corrected chi connectivity index (χ3v) is 2.56. The van der Waals surface area contributed by atoms with E-state index in [-0.39, 0.29) is 0 Å². The van der Waals surface area contributed by atoms with Crippen molar-refractivity contribution in [2.75, 3.05) is 7.05 Å². The first-order valence-corrected chi connectivity index (χ1v) is 5.05. The van der Waals surface area contributed by atoms with Crippen molar-refractivity contribution in [1.82, 2.24) is 24.9 Å². The van der Waals surface area contributed by atoms with Gasteiger partial charge in [-0.25, -0.2) is 0 Å². The molecule has 0 saturated heterocycles. The number of nitrogens with one attached hydrogen (secondary N) is 1. The van der Waals surface area contributed by atoms with Gasteiger partial charge in [-0.15, -0.1) is 10.2 Å². The van der Waals surface area contributed by atoms with Crippen molar-refractivity contribution in [3.8, 4) is 0 Å². The minimum Gasteiger partial charge on any atom is -0.317 e. The van der Waals surface area contributed by atoms with Gasteiger partial charge in [0, 0.05) is 24.9 Å². The second-order valence-corrected chi connectivity index (χ2v) is 3.71. The van der Waals surface area contributed by atoms with Crippen LogP contribution in [0.2, 0.25) is 0 Å². The second-order valence-electron chi connectivity index (χ2n) is 3.71. The molecule has 0 aliphatic rings. The molecule has 15 heavy (non-hydrogen) atoms.